The van der Waals surface area contributed by atoms with Gasteiger partial charge in [0.25, 0.3) is 0 Å². The molecule has 1 aromatic carbocycles. The number of rotatable bonds is 5. The van der Waals surface area contributed by atoms with Crippen molar-refractivity contribution in [1.29, 1.82) is 0 Å². The van der Waals surface area contributed by atoms with Gasteiger partial charge in [-0.05, 0) is 54.8 Å². The lowest BCUT2D eigenvalue weighted by Gasteiger charge is -2.12. The molecule has 1 aliphatic carbocycles. The molecule has 0 radical (unpaired) electrons. The molecule has 0 bridgehead atoms. The van der Waals surface area contributed by atoms with Crippen LogP contribution >= 0.6 is 11.8 Å². The highest BCUT2D eigenvalue weighted by molar-refractivity contribution is 7.98. The molecule has 0 spiro atoms. The molecule has 1 saturated carbocycles. The number of nitrogens with one attached hydrogen (secondary N) is 1. The molecule has 16 heavy (non-hydrogen) atoms. The number of thioether (sulfide) groups is 1. The van der Waals surface area contributed by atoms with Crippen molar-refractivity contribution >= 4 is 11.8 Å². The van der Waals surface area contributed by atoms with E-state index >= 15 is 0 Å². The molecule has 0 aliphatic heterocycles. The maximum atomic E-state index is 3.45. The van der Waals surface area contributed by atoms with Gasteiger partial charge in [0.1, 0.15) is 0 Å². The maximum Gasteiger partial charge on any atom is 0.00693 e. The van der Waals surface area contributed by atoms with E-state index in [0.29, 0.717) is 5.41 Å². The standard InChI is InChI=1S/C14H21NS/c1-4-15-10-12-9-14(12,2)11-5-7-13(16-3)8-6-11/h5-8,12,15H,4,9-10H2,1-3H3. The smallest absolute Gasteiger partial charge is 0.00693 e. The maximum absolute atomic E-state index is 3.45. The molecule has 2 heteroatoms. The molecule has 0 heterocycles. The third kappa shape index (κ3) is 2.28. The molecule has 2 unspecified atom stereocenters. The van der Waals surface area contributed by atoms with Crippen molar-refractivity contribution in [3.05, 3.63) is 29.8 Å². The Labute approximate surface area is 103 Å². The number of hydrogen-bond donors (Lipinski definition) is 1. The van der Waals surface area contributed by atoms with Gasteiger partial charge in [0.05, 0.1) is 0 Å². The minimum Gasteiger partial charge on any atom is -0.317 e. The van der Waals surface area contributed by atoms with E-state index in [4.69, 9.17) is 0 Å². The van der Waals surface area contributed by atoms with Crippen molar-refractivity contribution in [3.63, 3.8) is 0 Å². The van der Waals surface area contributed by atoms with Crippen LogP contribution in [0.3, 0.4) is 0 Å². The van der Waals surface area contributed by atoms with Gasteiger partial charge in [-0.15, -0.1) is 11.8 Å². The monoisotopic (exact) mass is 235 g/mol. The van der Waals surface area contributed by atoms with E-state index in [1.54, 1.807) is 0 Å². The Morgan fingerprint density at radius 2 is 2.06 bits per heavy atom. The van der Waals surface area contributed by atoms with Gasteiger partial charge in [-0.3, -0.25) is 0 Å². The Kier molecular flexibility index (Phi) is 3.60. The van der Waals surface area contributed by atoms with Crippen LogP contribution in [0.4, 0.5) is 0 Å². The summed E-state index contributed by atoms with van der Waals surface area (Å²) in [5, 5.41) is 3.45. The quantitative estimate of drug-likeness (QED) is 0.786. The van der Waals surface area contributed by atoms with Crippen molar-refractivity contribution in [2.24, 2.45) is 5.92 Å². The van der Waals surface area contributed by atoms with Crippen molar-refractivity contribution in [1.82, 2.24) is 5.32 Å². The third-order valence-electron chi connectivity index (χ3n) is 3.80. The molecule has 0 amide bonds. The number of hydrogen-bond acceptors (Lipinski definition) is 2. The SMILES string of the molecule is CCNCC1CC1(C)c1ccc(SC)cc1. The highest BCUT2D eigenvalue weighted by Crippen LogP contribution is 2.53. The van der Waals surface area contributed by atoms with Crippen molar-refractivity contribution in [2.45, 2.75) is 30.6 Å². The summed E-state index contributed by atoms with van der Waals surface area (Å²) in [6.07, 6.45) is 3.46. The predicted octanol–water partition coefficient (Wildman–Crippen LogP) is 3.30. The Hall–Kier alpha value is -0.470. The van der Waals surface area contributed by atoms with E-state index < -0.39 is 0 Å². The second-order valence-electron chi connectivity index (χ2n) is 4.85. The summed E-state index contributed by atoms with van der Waals surface area (Å²) in [6.45, 7) is 6.81. The van der Waals surface area contributed by atoms with Crippen LogP contribution < -0.4 is 5.32 Å². The van der Waals surface area contributed by atoms with Gasteiger partial charge in [0.15, 0.2) is 0 Å². The lowest BCUT2D eigenvalue weighted by Crippen LogP contribution is -2.19. The first-order valence-electron chi connectivity index (χ1n) is 6.06. The normalized spacial score (nSPS) is 28.1. The average molecular weight is 235 g/mol. The highest BCUT2D eigenvalue weighted by atomic mass is 32.2. The highest BCUT2D eigenvalue weighted by Gasteiger charge is 2.50. The first-order chi connectivity index (χ1) is 7.70. The fourth-order valence-electron chi connectivity index (χ4n) is 2.39. The van der Waals surface area contributed by atoms with Crippen LogP contribution in [0.2, 0.25) is 0 Å². The molecule has 2 rings (SSSR count). The van der Waals surface area contributed by atoms with Crippen molar-refractivity contribution in [3.8, 4) is 0 Å². The van der Waals surface area contributed by atoms with Gasteiger partial charge in [0.2, 0.25) is 0 Å². The average Bonchev–Trinajstić information content (AvgIpc) is 2.99. The minimum atomic E-state index is 0.430. The van der Waals surface area contributed by atoms with Crippen LogP contribution in [0.25, 0.3) is 0 Å². The lowest BCUT2D eigenvalue weighted by molar-refractivity contribution is 0.591. The van der Waals surface area contributed by atoms with Gasteiger partial charge < -0.3 is 5.32 Å². The molecule has 1 N–H and O–H groups in total. The molecule has 1 aromatic rings. The molecule has 0 aromatic heterocycles. The van der Waals surface area contributed by atoms with Gasteiger partial charge in [-0.2, -0.15) is 0 Å². The van der Waals surface area contributed by atoms with Crippen LogP contribution in [0.15, 0.2) is 29.2 Å². The van der Waals surface area contributed by atoms with E-state index in [-0.39, 0.29) is 0 Å². The topological polar surface area (TPSA) is 12.0 Å². The molecule has 2 atom stereocenters. The molecule has 0 saturated heterocycles. The summed E-state index contributed by atoms with van der Waals surface area (Å²) >= 11 is 1.81. The summed E-state index contributed by atoms with van der Waals surface area (Å²) in [7, 11) is 0. The molecule has 1 fully saturated rings. The van der Waals surface area contributed by atoms with E-state index in [1.807, 2.05) is 11.8 Å². The summed E-state index contributed by atoms with van der Waals surface area (Å²) in [5.74, 6) is 0.826. The fourth-order valence-corrected chi connectivity index (χ4v) is 2.80. The Morgan fingerprint density at radius 1 is 1.38 bits per heavy atom. The zero-order chi connectivity index (χ0) is 11.6. The summed E-state index contributed by atoms with van der Waals surface area (Å²) in [4.78, 5) is 1.36. The number of benzene rings is 1. The Bertz CT molecular complexity index is 346. The van der Waals surface area contributed by atoms with Crippen LogP contribution in [-0.4, -0.2) is 19.3 Å². The van der Waals surface area contributed by atoms with Crippen molar-refractivity contribution in [2.75, 3.05) is 19.3 Å². The molecule has 1 nitrogen and oxygen atoms in total. The first kappa shape index (κ1) is 12.0. The minimum absolute atomic E-state index is 0.430. The van der Waals surface area contributed by atoms with Gasteiger partial charge in [-0.1, -0.05) is 26.0 Å². The Balaban J connectivity index is 2.02. The second-order valence-corrected chi connectivity index (χ2v) is 5.73. The summed E-state index contributed by atoms with van der Waals surface area (Å²) < 4.78 is 0. The fraction of sp³-hybridized carbons (Fsp3) is 0.571. The van der Waals surface area contributed by atoms with E-state index in [1.165, 1.54) is 16.9 Å². The zero-order valence-electron chi connectivity index (χ0n) is 10.4. The van der Waals surface area contributed by atoms with Crippen LogP contribution in [0.1, 0.15) is 25.8 Å². The van der Waals surface area contributed by atoms with Gasteiger partial charge in [0, 0.05) is 4.90 Å². The van der Waals surface area contributed by atoms with E-state index in [9.17, 15) is 0 Å². The first-order valence-corrected chi connectivity index (χ1v) is 7.28. The predicted molar refractivity (Wildman–Crippen MR) is 72.2 cm³/mol. The van der Waals surface area contributed by atoms with Gasteiger partial charge >= 0.3 is 0 Å². The summed E-state index contributed by atoms with van der Waals surface area (Å²) in [5.41, 5.74) is 1.94. The molecule has 1 aliphatic rings. The van der Waals surface area contributed by atoms with E-state index in [0.717, 1.165) is 19.0 Å². The van der Waals surface area contributed by atoms with Crippen LogP contribution in [0.5, 0.6) is 0 Å². The Morgan fingerprint density at radius 3 is 2.62 bits per heavy atom. The van der Waals surface area contributed by atoms with Crippen molar-refractivity contribution < 1.29 is 0 Å². The van der Waals surface area contributed by atoms with Gasteiger partial charge in [-0.25, -0.2) is 0 Å². The van der Waals surface area contributed by atoms with Crippen LogP contribution in [-0.2, 0) is 5.41 Å². The second kappa shape index (κ2) is 4.80. The molecule has 88 valence electrons. The van der Waals surface area contributed by atoms with Crippen LogP contribution in [0, 0.1) is 5.92 Å². The third-order valence-corrected chi connectivity index (χ3v) is 4.55. The molecular formula is C14H21NS. The van der Waals surface area contributed by atoms with E-state index in [2.05, 4.69) is 49.7 Å². The lowest BCUT2D eigenvalue weighted by atomic mass is 9.95. The largest absolute Gasteiger partial charge is 0.317 e. The zero-order valence-corrected chi connectivity index (χ0v) is 11.2. The summed E-state index contributed by atoms with van der Waals surface area (Å²) in [6, 6.07) is 9.09. The molecular weight excluding hydrogens is 214 g/mol.